The predicted octanol–water partition coefficient (Wildman–Crippen LogP) is 3.96. The summed E-state index contributed by atoms with van der Waals surface area (Å²) in [5, 5.41) is 6.20. The predicted molar refractivity (Wildman–Crippen MR) is 139 cm³/mol. The van der Waals surface area contributed by atoms with Gasteiger partial charge in [0.05, 0.1) is 27.2 Å². The number of hydrogen-bond donors (Lipinski definition) is 2. The number of piperidine rings is 1. The van der Waals surface area contributed by atoms with Crippen molar-refractivity contribution in [3.8, 4) is 17.2 Å². The maximum absolute atomic E-state index is 13.4. The molecule has 2 aromatic carbocycles. The number of ether oxygens (including phenoxy) is 3. The standard InChI is InChI=1S/C27H32FN5O4/c1-35-22-15-21(16-23(36-2)25(22)37-3)31-27-30-12-10-24(32-27)33-13-5-7-19(17-33)26(34)29-11-9-18-6-4-8-20(28)14-18/h4,6,8,10,12,14-16,19H,5,7,9,11,13,17H2,1-3H3,(H,29,34)(H,30,31,32)/t19-/m0/s1. The summed E-state index contributed by atoms with van der Waals surface area (Å²) in [5.74, 6) is 2.27. The highest BCUT2D eigenvalue weighted by molar-refractivity contribution is 5.79. The Morgan fingerprint density at radius 3 is 2.59 bits per heavy atom. The molecule has 2 heterocycles. The molecule has 0 spiro atoms. The normalized spacial score (nSPS) is 15.1. The molecular formula is C27H32FN5O4. The lowest BCUT2D eigenvalue weighted by molar-refractivity contribution is -0.125. The van der Waals surface area contributed by atoms with Gasteiger partial charge in [0.2, 0.25) is 17.6 Å². The number of aromatic nitrogens is 2. The van der Waals surface area contributed by atoms with Crippen molar-refractivity contribution in [3.63, 3.8) is 0 Å². The van der Waals surface area contributed by atoms with Gasteiger partial charge in [-0.3, -0.25) is 4.79 Å². The number of nitrogens with one attached hydrogen (secondary N) is 2. The summed E-state index contributed by atoms with van der Waals surface area (Å²) in [6.45, 7) is 1.83. The van der Waals surface area contributed by atoms with Crippen molar-refractivity contribution in [2.24, 2.45) is 5.92 Å². The first-order valence-electron chi connectivity index (χ1n) is 12.2. The average Bonchev–Trinajstić information content (AvgIpc) is 2.92. The third-order valence-corrected chi connectivity index (χ3v) is 6.28. The average molecular weight is 510 g/mol. The molecule has 1 aliphatic heterocycles. The van der Waals surface area contributed by atoms with Crippen LogP contribution in [0, 0.1) is 11.7 Å². The molecule has 1 saturated heterocycles. The van der Waals surface area contributed by atoms with E-state index < -0.39 is 0 Å². The molecule has 1 fully saturated rings. The first-order valence-corrected chi connectivity index (χ1v) is 12.2. The van der Waals surface area contributed by atoms with E-state index in [4.69, 9.17) is 14.2 Å². The SMILES string of the molecule is COc1cc(Nc2nccc(N3CCC[C@H](C(=O)NCCc4cccc(F)c4)C3)n2)cc(OC)c1OC. The molecule has 1 aliphatic rings. The Kier molecular flexibility index (Phi) is 8.60. The summed E-state index contributed by atoms with van der Waals surface area (Å²) in [6.07, 6.45) is 3.96. The molecule has 0 radical (unpaired) electrons. The van der Waals surface area contributed by atoms with Crippen molar-refractivity contribution < 1.29 is 23.4 Å². The van der Waals surface area contributed by atoms with Crippen molar-refractivity contribution in [2.45, 2.75) is 19.3 Å². The highest BCUT2D eigenvalue weighted by Gasteiger charge is 2.26. The molecule has 4 rings (SSSR count). The van der Waals surface area contributed by atoms with Gasteiger partial charge in [-0.05, 0) is 43.0 Å². The quantitative estimate of drug-likeness (QED) is 0.424. The zero-order valence-electron chi connectivity index (χ0n) is 21.3. The molecule has 0 aliphatic carbocycles. The highest BCUT2D eigenvalue weighted by atomic mass is 19.1. The van der Waals surface area contributed by atoms with Crippen LogP contribution in [0.4, 0.5) is 21.8 Å². The Hall–Kier alpha value is -4.08. The molecule has 0 unspecified atom stereocenters. The smallest absolute Gasteiger partial charge is 0.229 e. The van der Waals surface area contributed by atoms with E-state index in [1.54, 1.807) is 45.7 Å². The molecule has 3 aromatic rings. The van der Waals surface area contributed by atoms with Crippen LogP contribution < -0.4 is 29.7 Å². The van der Waals surface area contributed by atoms with E-state index in [0.717, 1.165) is 30.8 Å². The number of nitrogens with zero attached hydrogens (tertiary/aromatic N) is 3. The Morgan fingerprint density at radius 1 is 1.11 bits per heavy atom. The second kappa shape index (κ2) is 12.2. The second-order valence-corrected chi connectivity index (χ2v) is 8.73. The van der Waals surface area contributed by atoms with Crippen LogP contribution in [0.1, 0.15) is 18.4 Å². The van der Waals surface area contributed by atoms with Crippen LogP contribution in [0.25, 0.3) is 0 Å². The first-order chi connectivity index (χ1) is 18.0. The molecule has 9 nitrogen and oxygen atoms in total. The Bertz CT molecular complexity index is 1200. The van der Waals surface area contributed by atoms with Crippen LogP contribution in [-0.4, -0.2) is 56.8 Å². The summed E-state index contributed by atoms with van der Waals surface area (Å²) in [6, 6.07) is 11.8. The van der Waals surface area contributed by atoms with Crippen LogP contribution in [0.5, 0.6) is 17.2 Å². The molecule has 1 amide bonds. The van der Waals surface area contributed by atoms with E-state index in [1.807, 2.05) is 12.1 Å². The van der Waals surface area contributed by atoms with E-state index in [2.05, 4.69) is 25.5 Å². The number of methoxy groups -OCH3 is 3. The monoisotopic (exact) mass is 509 g/mol. The zero-order chi connectivity index (χ0) is 26.2. The Labute approximate surface area is 216 Å². The Morgan fingerprint density at radius 2 is 1.89 bits per heavy atom. The van der Waals surface area contributed by atoms with Crippen molar-refractivity contribution >= 4 is 23.4 Å². The van der Waals surface area contributed by atoms with E-state index >= 15 is 0 Å². The van der Waals surface area contributed by atoms with Gasteiger partial charge in [-0.1, -0.05) is 12.1 Å². The fraction of sp³-hybridized carbons (Fsp3) is 0.370. The fourth-order valence-electron chi connectivity index (χ4n) is 4.43. The molecule has 10 heteroatoms. The number of carbonyl (C=O) groups excluding carboxylic acids is 1. The van der Waals surface area contributed by atoms with E-state index in [0.29, 0.717) is 48.4 Å². The van der Waals surface area contributed by atoms with Gasteiger partial charge >= 0.3 is 0 Å². The summed E-state index contributed by atoms with van der Waals surface area (Å²) in [7, 11) is 4.67. The van der Waals surface area contributed by atoms with Crippen LogP contribution in [-0.2, 0) is 11.2 Å². The summed E-state index contributed by atoms with van der Waals surface area (Å²) >= 11 is 0. The summed E-state index contributed by atoms with van der Waals surface area (Å²) in [4.78, 5) is 23.9. The van der Waals surface area contributed by atoms with Gasteiger partial charge < -0.3 is 29.7 Å². The minimum atomic E-state index is -0.268. The molecule has 0 saturated carbocycles. The molecule has 2 N–H and O–H groups in total. The highest BCUT2D eigenvalue weighted by Crippen LogP contribution is 2.40. The molecule has 37 heavy (non-hydrogen) atoms. The number of amides is 1. The molecular weight excluding hydrogens is 477 g/mol. The minimum Gasteiger partial charge on any atom is -0.493 e. The molecule has 1 atom stereocenters. The van der Waals surface area contributed by atoms with Crippen LogP contribution in [0.15, 0.2) is 48.7 Å². The number of halogens is 1. The zero-order valence-corrected chi connectivity index (χ0v) is 21.3. The second-order valence-electron chi connectivity index (χ2n) is 8.73. The third kappa shape index (κ3) is 6.58. The number of anilines is 3. The molecule has 1 aromatic heterocycles. The lowest BCUT2D eigenvalue weighted by Gasteiger charge is -2.33. The van der Waals surface area contributed by atoms with Crippen molar-refractivity contribution in [2.75, 3.05) is 51.2 Å². The van der Waals surface area contributed by atoms with E-state index in [-0.39, 0.29) is 17.6 Å². The maximum Gasteiger partial charge on any atom is 0.229 e. The van der Waals surface area contributed by atoms with Crippen molar-refractivity contribution in [1.29, 1.82) is 0 Å². The van der Waals surface area contributed by atoms with Gasteiger partial charge in [0.15, 0.2) is 11.5 Å². The number of rotatable bonds is 10. The van der Waals surface area contributed by atoms with Gasteiger partial charge in [0.1, 0.15) is 11.6 Å². The van der Waals surface area contributed by atoms with Gasteiger partial charge in [-0.15, -0.1) is 0 Å². The van der Waals surface area contributed by atoms with Gasteiger partial charge in [-0.2, -0.15) is 4.98 Å². The van der Waals surface area contributed by atoms with E-state index in [1.165, 1.54) is 12.1 Å². The third-order valence-electron chi connectivity index (χ3n) is 6.28. The lowest BCUT2D eigenvalue weighted by Crippen LogP contribution is -2.43. The molecule has 0 bridgehead atoms. The van der Waals surface area contributed by atoms with Crippen LogP contribution >= 0.6 is 0 Å². The largest absolute Gasteiger partial charge is 0.493 e. The first kappa shape index (κ1) is 26.0. The number of hydrogen-bond acceptors (Lipinski definition) is 8. The van der Waals surface area contributed by atoms with Crippen molar-refractivity contribution in [1.82, 2.24) is 15.3 Å². The van der Waals surface area contributed by atoms with E-state index in [9.17, 15) is 9.18 Å². The van der Waals surface area contributed by atoms with Gasteiger partial charge in [0, 0.05) is 43.7 Å². The topological polar surface area (TPSA) is 97.8 Å². The van der Waals surface area contributed by atoms with Crippen molar-refractivity contribution in [3.05, 3.63) is 60.0 Å². The van der Waals surface area contributed by atoms with Gasteiger partial charge in [0.25, 0.3) is 0 Å². The maximum atomic E-state index is 13.4. The lowest BCUT2D eigenvalue weighted by atomic mass is 9.97. The molecule has 196 valence electrons. The summed E-state index contributed by atoms with van der Waals surface area (Å²) in [5.41, 5.74) is 1.54. The van der Waals surface area contributed by atoms with Gasteiger partial charge in [-0.25, -0.2) is 9.37 Å². The number of benzene rings is 2. The van der Waals surface area contributed by atoms with Crippen LogP contribution in [0.3, 0.4) is 0 Å². The summed E-state index contributed by atoms with van der Waals surface area (Å²) < 4.78 is 29.6. The Balaban J connectivity index is 1.38. The number of carbonyl (C=O) groups is 1. The minimum absolute atomic E-state index is 0.00549. The fourth-order valence-corrected chi connectivity index (χ4v) is 4.43. The van der Waals surface area contributed by atoms with Crippen LogP contribution in [0.2, 0.25) is 0 Å².